The average Bonchev–Trinajstić information content (AvgIpc) is 2.66. The van der Waals surface area contributed by atoms with Crippen molar-refractivity contribution in [1.82, 2.24) is 0 Å². The van der Waals surface area contributed by atoms with Gasteiger partial charge in [-0.3, -0.25) is 4.79 Å². The summed E-state index contributed by atoms with van der Waals surface area (Å²) in [6.07, 6.45) is 5.84. The molecule has 0 fully saturated rings. The van der Waals surface area contributed by atoms with Crippen LogP contribution in [0.3, 0.4) is 0 Å². The second-order valence-corrected chi connectivity index (χ2v) is 8.62. The van der Waals surface area contributed by atoms with E-state index in [2.05, 4.69) is 0 Å². The zero-order valence-corrected chi connectivity index (χ0v) is 18.8. The van der Waals surface area contributed by atoms with E-state index in [0.29, 0.717) is 18.6 Å². The first-order valence-corrected chi connectivity index (χ1v) is 10.4. The topological polar surface area (TPSA) is 93.1 Å². The third-order valence-corrected chi connectivity index (χ3v) is 5.24. The third kappa shape index (κ3) is 7.11. The molecule has 164 valence electrons. The number of phenols is 2. The Bertz CT molecular complexity index is 721. The van der Waals surface area contributed by atoms with Crippen molar-refractivity contribution in [1.29, 1.82) is 0 Å². The minimum Gasteiger partial charge on any atom is -0.507 e. The fourth-order valence-corrected chi connectivity index (χ4v) is 3.15. The summed E-state index contributed by atoms with van der Waals surface area (Å²) in [4.78, 5) is 23.6. The molecular weight excluding hydrogens is 396 g/mol. The van der Waals surface area contributed by atoms with Crippen molar-refractivity contribution in [3.05, 3.63) is 21.7 Å². The molecule has 29 heavy (non-hydrogen) atoms. The van der Waals surface area contributed by atoms with E-state index in [0.717, 1.165) is 38.5 Å². The number of aromatic hydroxyl groups is 2. The van der Waals surface area contributed by atoms with E-state index >= 15 is 0 Å². The van der Waals surface area contributed by atoms with Crippen molar-refractivity contribution in [3.63, 3.8) is 0 Å². The van der Waals surface area contributed by atoms with Crippen LogP contribution in [0.25, 0.3) is 0 Å². The number of halogens is 1. The summed E-state index contributed by atoms with van der Waals surface area (Å²) < 4.78 is 9.93. The molecule has 0 saturated carbocycles. The van der Waals surface area contributed by atoms with Crippen LogP contribution in [0.5, 0.6) is 11.5 Å². The van der Waals surface area contributed by atoms with Gasteiger partial charge in [-0.2, -0.15) is 0 Å². The van der Waals surface area contributed by atoms with Crippen LogP contribution in [0.15, 0.2) is 0 Å². The Kier molecular flexibility index (Phi) is 9.77. The van der Waals surface area contributed by atoms with Gasteiger partial charge in [0.15, 0.2) is 0 Å². The van der Waals surface area contributed by atoms with E-state index < -0.39 is 11.4 Å². The quantitative estimate of drug-likeness (QED) is 0.387. The van der Waals surface area contributed by atoms with Crippen molar-refractivity contribution in [3.8, 4) is 11.5 Å². The lowest BCUT2D eigenvalue weighted by Gasteiger charge is -2.16. The van der Waals surface area contributed by atoms with Gasteiger partial charge in [-0.05, 0) is 52.5 Å². The largest absolute Gasteiger partial charge is 0.507 e. The van der Waals surface area contributed by atoms with Gasteiger partial charge in [0.05, 0.1) is 24.2 Å². The van der Waals surface area contributed by atoms with E-state index in [1.54, 1.807) is 6.92 Å². The highest BCUT2D eigenvalue weighted by Gasteiger charge is 2.25. The van der Waals surface area contributed by atoms with Crippen molar-refractivity contribution in [2.75, 3.05) is 13.7 Å². The van der Waals surface area contributed by atoms with Crippen LogP contribution < -0.4 is 0 Å². The van der Waals surface area contributed by atoms with Gasteiger partial charge in [0, 0.05) is 5.56 Å². The Morgan fingerprint density at radius 3 is 2.07 bits per heavy atom. The lowest BCUT2D eigenvalue weighted by molar-refractivity contribution is -0.153. The lowest BCUT2D eigenvalue weighted by Crippen LogP contribution is -2.23. The number of benzene rings is 1. The van der Waals surface area contributed by atoms with Crippen LogP contribution in [0, 0.1) is 12.3 Å². The Labute approximate surface area is 178 Å². The Balaban J connectivity index is 2.43. The molecule has 0 spiro atoms. The van der Waals surface area contributed by atoms with Gasteiger partial charge in [-0.25, -0.2) is 4.79 Å². The molecule has 2 N–H and O–H groups in total. The minimum atomic E-state index is -0.685. The molecule has 0 aliphatic carbocycles. The van der Waals surface area contributed by atoms with Crippen molar-refractivity contribution >= 4 is 23.5 Å². The fourth-order valence-electron chi connectivity index (χ4n) is 2.94. The molecule has 0 amide bonds. The molecular formula is C22H33ClO6. The highest BCUT2D eigenvalue weighted by atomic mass is 35.5. The number of rotatable bonds is 10. The number of carbonyl (C=O) groups excluding carboxylic acids is 2. The number of methoxy groups -OCH3 is 1. The monoisotopic (exact) mass is 428 g/mol. The lowest BCUT2D eigenvalue weighted by atomic mass is 9.97. The summed E-state index contributed by atoms with van der Waals surface area (Å²) in [6, 6.07) is 0. The standard InChI is InChI=1S/C22H33ClO6/c1-14-16(20(26)28-5)18(24)15(19(25)17(14)23)12-10-8-6-7-9-11-13-29-21(27)22(2,3)4/h24-25H,6-13H2,1-5H3. The van der Waals surface area contributed by atoms with E-state index in [-0.39, 0.29) is 33.6 Å². The maximum absolute atomic E-state index is 11.9. The molecule has 6 nitrogen and oxygen atoms in total. The molecule has 0 aliphatic heterocycles. The first-order chi connectivity index (χ1) is 13.5. The zero-order chi connectivity index (χ0) is 22.2. The molecule has 0 atom stereocenters. The third-order valence-electron chi connectivity index (χ3n) is 4.78. The molecule has 1 aromatic carbocycles. The van der Waals surface area contributed by atoms with E-state index in [4.69, 9.17) is 21.1 Å². The van der Waals surface area contributed by atoms with E-state index in [9.17, 15) is 19.8 Å². The van der Waals surface area contributed by atoms with Gasteiger partial charge in [-0.15, -0.1) is 0 Å². The number of unbranched alkanes of at least 4 members (excludes halogenated alkanes) is 5. The molecule has 1 aromatic rings. The molecule has 1 rings (SSSR count). The normalized spacial score (nSPS) is 11.4. The van der Waals surface area contributed by atoms with Gasteiger partial charge in [0.2, 0.25) is 0 Å². The summed E-state index contributed by atoms with van der Waals surface area (Å²) >= 11 is 6.12. The molecule has 0 radical (unpaired) electrons. The smallest absolute Gasteiger partial charge is 0.341 e. The molecule has 0 bridgehead atoms. The summed E-state index contributed by atoms with van der Waals surface area (Å²) in [7, 11) is 1.23. The first-order valence-electron chi connectivity index (χ1n) is 10.0. The minimum absolute atomic E-state index is 0.00453. The summed E-state index contributed by atoms with van der Waals surface area (Å²) in [5.41, 5.74) is 0.0959. The van der Waals surface area contributed by atoms with E-state index in [1.807, 2.05) is 20.8 Å². The number of carbonyl (C=O) groups is 2. The van der Waals surface area contributed by atoms with Gasteiger partial charge in [0.25, 0.3) is 0 Å². The Morgan fingerprint density at radius 2 is 1.52 bits per heavy atom. The van der Waals surface area contributed by atoms with Crippen molar-refractivity contribution in [2.24, 2.45) is 5.41 Å². The maximum Gasteiger partial charge on any atom is 0.341 e. The van der Waals surface area contributed by atoms with Crippen LogP contribution in [-0.2, 0) is 20.7 Å². The predicted molar refractivity (Wildman–Crippen MR) is 113 cm³/mol. The highest BCUT2D eigenvalue weighted by molar-refractivity contribution is 6.33. The number of esters is 2. The molecule has 7 heteroatoms. The first kappa shape index (κ1) is 25.1. The molecule has 0 unspecified atom stereocenters. The number of phenolic OH excluding ortho intramolecular Hbond substituents is 2. The number of hydrogen-bond acceptors (Lipinski definition) is 6. The van der Waals surface area contributed by atoms with Crippen molar-refractivity contribution in [2.45, 2.75) is 72.6 Å². The van der Waals surface area contributed by atoms with Crippen molar-refractivity contribution < 1.29 is 29.3 Å². The highest BCUT2D eigenvalue weighted by Crippen LogP contribution is 2.41. The Hall–Kier alpha value is -1.95. The molecule has 0 aromatic heterocycles. The summed E-state index contributed by atoms with van der Waals surface area (Å²) in [5, 5.41) is 20.7. The summed E-state index contributed by atoms with van der Waals surface area (Å²) in [5.74, 6) is -1.32. The molecule has 0 heterocycles. The maximum atomic E-state index is 11.9. The Morgan fingerprint density at radius 1 is 0.966 bits per heavy atom. The van der Waals surface area contributed by atoms with Gasteiger partial charge in [-0.1, -0.05) is 37.3 Å². The fraction of sp³-hybridized carbons (Fsp3) is 0.636. The molecule has 0 aliphatic rings. The van der Waals surface area contributed by atoms with Crippen LogP contribution >= 0.6 is 11.6 Å². The van der Waals surface area contributed by atoms with Gasteiger partial charge in [0.1, 0.15) is 17.1 Å². The van der Waals surface area contributed by atoms with Crippen LogP contribution in [0.4, 0.5) is 0 Å². The number of hydrogen-bond donors (Lipinski definition) is 2. The summed E-state index contributed by atoms with van der Waals surface area (Å²) in [6.45, 7) is 7.49. The second-order valence-electron chi connectivity index (χ2n) is 8.24. The van der Waals surface area contributed by atoms with Crippen LogP contribution in [-0.4, -0.2) is 35.9 Å². The average molecular weight is 429 g/mol. The molecule has 0 saturated heterocycles. The second kappa shape index (κ2) is 11.3. The van der Waals surface area contributed by atoms with Gasteiger partial charge >= 0.3 is 11.9 Å². The number of ether oxygens (including phenoxy) is 2. The van der Waals surface area contributed by atoms with Crippen LogP contribution in [0.1, 0.15) is 80.8 Å². The SMILES string of the molecule is COC(=O)c1c(C)c(Cl)c(O)c(CCCCCCCCOC(=O)C(C)(C)C)c1O. The van der Waals surface area contributed by atoms with Gasteiger partial charge < -0.3 is 19.7 Å². The predicted octanol–water partition coefficient (Wildman–Crippen LogP) is 5.32. The van der Waals surface area contributed by atoms with Crippen LogP contribution in [0.2, 0.25) is 5.02 Å². The van der Waals surface area contributed by atoms with E-state index in [1.165, 1.54) is 7.11 Å². The zero-order valence-electron chi connectivity index (χ0n) is 18.1.